The molecule has 1 fully saturated rings. The Kier molecular flexibility index (Phi) is 7.38. The van der Waals surface area contributed by atoms with E-state index in [4.69, 9.17) is 11.6 Å². The zero-order chi connectivity index (χ0) is 17.3. The van der Waals surface area contributed by atoms with Crippen LogP contribution in [0.15, 0.2) is 18.2 Å². The van der Waals surface area contributed by atoms with Gasteiger partial charge in [0.25, 0.3) is 0 Å². The molecule has 0 aromatic heterocycles. The van der Waals surface area contributed by atoms with Crippen molar-refractivity contribution in [2.75, 3.05) is 32.8 Å². The molecule has 1 heterocycles. The number of nitrogens with zero attached hydrogens (tertiary/aromatic N) is 1. The third-order valence-corrected chi connectivity index (χ3v) is 4.63. The van der Waals surface area contributed by atoms with Crippen molar-refractivity contribution in [3.05, 3.63) is 34.3 Å². The van der Waals surface area contributed by atoms with Crippen LogP contribution in [0.5, 0.6) is 0 Å². The molecule has 3 nitrogen and oxygen atoms in total. The normalized spacial score (nSPS) is 18.1. The van der Waals surface area contributed by atoms with Gasteiger partial charge < -0.3 is 10.4 Å². The molecule has 1 saturated heterocycles. The van der Waals surface area contributed by atoms with Crippen molar-refractivity contribution in [3.8, 4) is 0 Å². The number of aliphatic hydroxyl groups is 1. The highest BCUT2D eigenvalue weighted by molar-refractivity contribution is 6.31. The van der Waals surface area contributed by atoms with E-state index >= 15 is 0 Å². The standard InChI is InChI=1S/C16H22ClF3N2O.ClH/c1-15(2,10-23)14(22-7-5-21-6-8-22)12-9-11(16(18,19)20)3-4-13(12)17;/h3-4,9,14,21,23H,5-8,10H2,1-2H3;1H/t14-;/m1./s1. The van der Waals surface area contributed by atoms with Crippen molar-refractivity contribution < 1.29 is 18.3 Å². The van der Waals surface area contributed by atoms with E-state index in [0.29, 0.717) is 23.7 Å². The Labute approximate surface area is 151 Å². The van der Waals surface area contributed by atoms with Crippen LogP contribution >= 0.6 is 24.0 Å². The molecule has 1 aliphatic rings. The number of rotatable bonds is 4. The van der Waals surface area contributed by atoms with E-state index in [0.717, 1.165) is 25.2 Å². The summed E-state index contributed by atoms with van der Waals surface area (Å²) in [6, 6.07) is 3.02. The number of aliphatic hydroxyl groups excluding tert-OH is 1. The minimum Gasteiger partial charge on any atom is -0.396 e. The zero-order valence-corrected chi connectivity index (χ0v) is 15.2. The summed E-state index contributed by atoms with van der Waals surface area (Å²) in [4.78, 5) is 2.09. The predicted molar refractivity (Wildman–Crippen MR) is 91.8 cm³/mol. The fourth-order valence-corrected chi connectivity index (χ4v) is 3.29. The molecule has 0 unspecified atom stereocenters. The summed E-state index contributed by atoms with van der Waals surface area (Å²) < 4.78 is 39.2. The third kappa shape index (κ3) is 4.76. The lowest BCUT2D eigenvalue weighted by molar-refractivity contribution is -0.137. The van der Waals surface area contributed by atoms with Gasteiger partial charge in [0.05, 0.1) is 5.56 Å². The maximum Gasteiger partial charge on any atom is 0.416 e. The lowest BCUT2D eigenvalue weighted by atomic mass is 9.79. The maximum atomic E-state index is 13.1. The molecule has 1 aliphatic heterocycles. The van der Waals surface area contributed by atoms with E-state index in [2.05, 4.69) is 10.2 Å². The average Bonchev–Trinajstić information content (AvgIpc) is 2.49. The van der Waals surface area contributed by atoms with Crippen LogP contribution in [-0.2, 0) is 6.18 Å². The number of benzene rings is 1. The van der Waals surface area contributed by atoms with Crippen LogP contribution in [0.25, 0.3) is 0 Å². The number of halogens is 5. The Morgan fingerprint density at radius 1 is 1.25 bits per heavy atom. The molecule has 1 aromatic rings. The molecule has 0 radical (unpaired) electrons. The van der Waals surface area contributed by atoms with E-state index in [9.17, 15) is 18.3 Å². The topological polar surface area (TPSA) is 35.5 Å². The Morgan fingerprint density at radius 3 is 2.33 bits per heavy atom. The van der Waals surface area contributed by atoms with Gasteiger partial charge in [-0.25, -0.2) is 0 Å². The van der Waals surface area contributed by atoms with Crippen molar-refractivity contribution in [2.24, 2.45) is 5.41 Å². The van der Waals surface area contributed by atoms with Gasteiger partial charge in [0.2, 0.25) is 0 Å². The first-order chi connectivity index (χ1) is 10.7. The molecule has 1 atom stereocenters. The van der Waals surface area contributed by atoms with Crippen molar-refractivity contribution >= 4 is 24.0 Å². The molecule has 0 bridgehead atoms. The van der Waals surface area contributed by atoms with Crippen LogP contribution in [0.4, 0.5) is 13.2 Å². The number of hydrogen-bond donors (Lipinski definition) is 2. The predicted octanol–water partition coefficient (Wildman–Crippen LogP) is 3.75. The van der Waals surface area contributed by atoms with Gasteiger partial charge in [0.1, 0.15) is 0 Å². The summed E-state index contributed by atoms with van der Waals surface area (Å²) in [5.74, 6) is 0. The SMILES string of the molecule is CC(C)(CO)[C@@H](c1cc(C(F)(F)F)ccc1Cl)N1CCNCC1.Cl. The van der Waals surface area contributed by atoms with Gasteiger partial charge in [-0.2, -0.15) is 13.2 Å². The van der Waals surface area contributed by atoms with Crippen LogP contribution in [0, 0.1) is 5.41 Å². The second-order valence-corrected chi connectivity index (χ2v) is 6.98. The van der Waals surface area contributed by atoms with Crippen LogP contribution in [-0.4, -0.2) is 42.8 Å². The Balaban J connectivity index is 0.00000288. The molecular weight excluding hydrogens is 364 g/mol. The molecule has 0 amide bonds. The average molecular weight is 387 g/mol. The van der Waals surface area contributed by atoms with Gasteiger partial charge in [-0.3, -0.25) is 4.90 Å². The Bertz CT molecular complexity index is 547. The third-order valence-electron chi connectivity index (χ3n) is 4.28. The lowest BCUT2D eigenvalue weighted by Gasteiger charge is -2.44. The fraction of sp³-hybridized carbons (Fsp3) is 0.625. The number of piperazine rings is 1. The molecule has 8 heteroatoms. The summed E-state index contributed by atoms with van der Waals surface area (Å²) in [6.07, 6.45) is -4.42. The number of alkyl halides is 3. The van der Waals surface area contributed by atoms with Gasteiger partial charge >= 0.3 is 6.18 Å². The van der Waals surface area contributed by atoms with Crippen molar-refractivity contribution in [3.63, 3.8) is 0 Å². The lowest BCUT2D eigenvalue weighted by Crippen LogP contribution is -2.49. The molecule has 138 valence electrons. The molecule has 0 spiro atoms. The maximum absolute atomic E-state index is 13.1. The Morgan fingerprint density at radius 2 is 1.83 bits per heavy atom. The zero-order valence-electron chi connectivity index (χ0n) is 13.7. The Hall–Kier alpha value is -0.530. The minimum absolute atomic E-state index is 0. The molecule has 2 rings (SSSR count). The van der Waals surface area contributed by atoms with Gasteiger partial charge in [-0.15, -0.1) is 12.4 Å². The second-order valence-electron chi connectivity index (χ2n) is 6.57. The van der Waals surface area contributed by atoms with Gasteiger partial charge in [0, 0.05) is 49.3 Å². The van der Waals surface area contributed by atoms with Crippen LogP contribution in [0.3, 0.4) is 0 Å². The van der Waals surface area contributed by atoms with Crippen molar-refractivity contribution in [1.29, 1.82) is 0 Å². The van der Waals surface area contributed by atoms with E-state index < -0.39 is 17.2 Å². The highest BCUT2D eigenvalue weighted by Gasteiger charge is 2.39. The highest BCUT2D eigenvalue weighted by atomic mass is 35.5. The molecule has 0 aliphatic carbocycles. The van der Waals surface area contributed by atoms with Gasteiger partial charge in [-0.1, -0.05) is 25.4 Å². The number of hydrogen-bond acceptors (Lipinski definition) is 3. The van der Waals surface area contributed by atoms with Crippen LogP contribution < -0.4 is 5.32 Å². The smallest absolute Gasteiger partial charge is 0.396 e. The summed E-state index contributed by atoms with van der Waals surface area (Å²) in [5, 5.41) is 13.3. The molecule has 1 aromatic carbocycles. The van der Waals surface area contributed by atoms with Crippen LogP contribution in [0.2, 0.25) is 5.02 Å². The number of nitrogens with one attached hydrogen (secondary N) is 1. The van der Waals surface area contributed by atoms with Crippen LogP contribution in [0.1, 0.15) is 31.0 Å². The molecular formula is C16H23Cl2F3N2O. The first-order valence-electron chi connectivity index (χ1n) is 7.59. The van der Waals surface area contributed by atoms with E-state index in [1.165, 1.54) is 6.07 Å². The van der Waals surface area contributed by atoms with Crippen molar-refractivity contribution in [2.45, 2.75) is 26.1 Å². The summed E-state index contributed by atoms with van der Waals surface area (Å²) in [7, 11) is 0. The van der Waals surface area contributed by atoms with E-state index in [1.807, 2.05) is 13.8 Å². The van der Waals surface area contributed by atoms with E-state index in [1.54, 1.807) is 0 Å². The molecule has 0 saturated carbocycles. The first-order valence-corrected chi connectivity index (χ1v) is 7.97. The van der Waals surface area contributed by atoms with Gasteiger partial charge in [0.15, 0.2) is 0 Å². The summed E-state index contributed by atoms with van der Waals surface area (Å²) in [6.45, 7) is 6.45. The highest BCUT2D eigenvalue weighted by Crippen LogP contribution is 2.43. The van der Waals surface area contributed by atoms with Gasteiger partial charge in [-0.05, 0) is 23.8 Å². The molecule has 24 heavy (non-hydrogen) atoms. The second kappa shape index (κ2) is 8.23. The summed E-state index contributed by atoms with van der Waals surface area (Å²) in [5.41, 5.74) is -0.918. The minimum atomic E-state index is -4.42. The van der Waals surface area contributed by atoms with E-state index in [-0.39, 0.29) is 25.1 Å². The quantitative estimate of drug-likeness (QED) is 0.826. The molecule has 2 N–H and O–H groups in total. The summed E-state index contributed by atoms with van der Waals surface area (Å²) >= 11 is 6.23. The first kappa shape index (κ1) is 21.5. The monoisotopic (exact) mass is 386 g/mol. The largest absolute Gasteiger partial charge is 0.416 e. The fourth-order valence-electron chi connectivity index (χ4n) is 3.07. The van der Waals surface area contributed by atoms with Crippen molar-refractivity contribution in [1.82, 2.24) is 10.2 Å².